The summed E-state index contributed by atoms with van der Waals surface area (Å²) in [6, 6.07) is 9.00. The van der Waals surface area contributed by atoms with Gasteiger partial charge in [0, 0.05) is 11.8 Å². The Balaban J connectivity index is 2.06. The van der Waals surface area contributed by atoms with E-state index in [0.29, 0.717) is 12.0 Å². The standard InChI is InChI=1S/C20H26O4/c1-14-12-13-17(24-19(23)15-8-5-4-6-9-15)20(2,3)16(14)10-7-11-18(21)22/h4-6,8-9,16-17H,1,7,10-13H2,2-3H3,(H,21,22)/t16-,17+/m1/s1. The summed E-state index contributed by atoms with van der Waals surface area (Å²) in [4.78, 5) is 23.1. The molecule has 0 bridgehead atoms. The van der Waals surface area contributed by atoms with E-state index in [9.17, 15) is 9.59 Å². The first-order valence-electron chi connectivity index (χ1n) is 8.48. The fourth-order valence-corrected chi connectivity index (χ4v) is 3.63. The fraction of sp³-hybridized carbons (Fsp3) is 0.500. The van der Waals surface area contributed by atoms with Gasteiger partial charge in [0.15, 0.2) is 0 Å². The topological polar surface area (TPSA) is 63.6 Å². The summed E-state index contributed by atoms with van der Waals surface area (Å²) in [6.07, 6.45) is 2.92. The minimum absolute atomic E-state index is 0.161. The molecule has 24 heavy (non-hydrogen) atoms. The van der Waals surface area contributed by atoms with Crippen molar-refractivity contribution in [2.24, 2.45) is 11.3 Å². The first-order valence-corrected chi connectivity index (χ1v) is 8.48. The second kappa shape index (κ2) is 7.65. The maximum atomic E-state index is 12.4. The summed E-state index contributed by atoms with van der Waals surface area (Å²) in [5.41, 5.74) is 1.44. The maximum Gasteiger partial charge on any atom is 0.338 e. The van der Waals surface area contributed by atoms with Gasteiger partial charge in [-0.2, -0.15) is 0 Å². The van der Waals surface area contributed by atoms with Gasteiger partial charge in [0.25, 0.3) is 0 Å². The molecular formula is C20H26O4. The Morgan fingerprint density at radius 3 is 2.58 bits per heavy atom. The average Bonchev–Trinajstić information content (AvgIpc) is 2.54. The second-order valence-electron chi connectivity index (χ2n) is 7.12. The summed E-state index contributed by atoms with van der Waals surface area (Å²) in [5.74, 6) is -0.911. The minimum Gasteiger partial charge on any atom is -0.481 e. The Hall–Kier alpha value is -2.10. The number of benzene rings is 1. The molecular weight excluding hydrogens is 304 g/mol. The summed E-state index contributed by atoms with van der Waals surface area (Å²) < 4.78 is 5.80. The van der Waals surface area contributed by atoms with Crippen LogP contribution >= 0.6 is 0 Å². The molecule has 0 amide bonds. The van der Waals surface area contributed by atoms with Gasteiger partial charge in [-0.25, -0.2) is 4.79 Å². The van der Waals surface area contributed by atoms with Crippen molar-refractivity contribution >= 4 is 11.9 Å². The number of hydrogen-bond acceptors (Lipinski definition) is 3. The van der Waals surface area contributed by atoms with Gasteiger partial charge >= 0.3 is 11.9 Å². The van der Waals surface area contributed by atoms with Crippen LogP contribution in [0.2, 0.25) is 0 Å². The summed E-state index contributed by atoms with van der Waals surface area (Å²) in [6.45, 7) is 8.35. The largest absolute Gasteiger partial charge is 0.481 e. The monoisotopic (exact) mass is 330 g/mol. The lowest BCUT2D eigenvalue weighted by Crippen LogP contribution is -2.44. The van der Waals surface area contributed by atoms with Crippen LogP contribution in [0.4, 0.5) is 0 Å². The van der Waals surface area contributed by atoms with Crippen LogP contribution in [-0.2, 0) is 9.53 Å². The molecule has 1 aromatic rings. The maximum absolute atomic E-state index is 12.4. The molecule has 4 heteroatoms. The van der Waals surface area contributed by atoms with Crippen molar-refractivity contribution in [1.29, 1.82) is 0 Å². The van der Waals surface area contributed by atoms with E-state index in [0.717, 1.165) is 24.8 Å². The van der Waals surface area contributed by atoms with Crippen LogP contribution in [0.25, 0.3) is 0 Å². The number of allylic oxidation sites excluding steroid dienone is 1. The Bertz CT molecular complexity index is 603. The molecule has 1 aliphatic rings. The summed E-state index contributed by atoms with van der Waals surface area (Å²) >= 11 is 0. The molecule has 1 fully saturated rings. The summed E-state index contributed by atoms with van der Waals surface area (Å²) in [7, 11) is 0. The Morgan fingerprint density at radius 1 is 1.29 bits per heavy atom. The molecule has 130 valence electrons. The van der Waals surface area contributed by atoms with Gasteiger partial charge in [0.05, 0.1) is 5.56 Å². The molecule has 0 aromatic heterocycles. The van der Waals surface area contributed by atoms with Gasteiger partial charge in [0.1, 0.15) is 6.10 Å². The number of aliphatic carboxylic acids is 1. The molecule has 0 radical (unpaired) electrons. The van der Waals surface area contributed by atoms with E-state index in [-0.39, 0.29) is 29.8 Å². The zero-order chi connectivity index (χ0) is 17.7. The molecule has 1 aromatic carbocycles. The molecule has 1 aliphatic carbocycles. The van der Waals surface area contributed by atoms with Crippen LogP contribution in [-0.4, -0.2) is 23.1 Å². The number of carbonyl (C=O) groups is 2. The number of hydrogen-bond donors (Lipinski definition) is 1. The van der Waals surface area contributed by atoms with E-state index >= 15 is 0 Å². The number of rotatable bonds is 6. The van der Waals surface area contributed by atoms with Gasteiger partial charge in [-0.1, -0.05) is 44.2 Å². The number of ether oxygens (including phenoxy) is 1. The van der Waals surface area contributed by atoms with Crippen molar-refractivity contribution in [3.8, 4) is 0 Å². The molecule has 0 heterocycles. The van der Waals surface area contributed by atoms with Crippen molar-refractivity contribution in [1.82, 2.24) is 0 Å². The number of carbonyl (C=O) groups excluding carboxylic acids is 1. The lowest BCUT2D eigenvalue weighted by atomic mass is 9.63. The van der Waals surface area contributed by atoms with Gasteiger partial charge in [-0.3, -0.25) is 4.79 Å². The zero-order valence-electron chi connectivity index (χ0n) is 14.5. The Kier molecular flexibility index (Phi) is 5.81. The molecule has 0 aliphatic heterocycles. The van der Waals surface area contributed by atoms with Crippen LogP contribution in [0.15, 0.2) is 42.5 Å². The lowest BCUT2D eigenvalue weighted by molar-refractivity contribution is -0.137. The first kappa shape index (κ1) is 18.2. The molecule has 0 unspecified atom stereocenters. The second-order valence-corrected chi connectivity index (χ2v) is 7.12. The van der Waals surface area contributed by atoms with Crippen LogP contribution in [0.1, 0.15) is 56.3 Å². The van der Waals surface area contributed by atoms with Gasteiger partial charge < -0.3 is 9.84 Å². The van der Waals surface area contributed by atoms with Gasteiger partial charge in [0.2, 0.25) is 0 Å². The van der Waals surface area contributed by atoms with Crippen LogP contribution < -0.4 is 0 Å². The lowest BCUT2D eigenvalue weighted by Gasteiger charge is -2.45. The molecule has 1 N–H and O–H groups in total. The molecule has 1 saturated carbocycles. The third-order valence-electron chi connectivity index (χ3n) is 5.09. The van der Waals surface area contributed by atoms with E-state index < -0.39 is 5.97 Å². The predicted octanol–water partition coefficient (Wildman–Crippen LogP) is 4.46. The normalized spacial score (nSPS) is 22.8. The van der Waals surface area contributed by atoms with Gasteiger partial charge in [-0.15, -0.1) is 0 Å². The smallest absolute Gasteiger partial charge is 0.338 e. The van der Waals surface area contributed by atoms with Crippen LogP contribution in [0.5, 0.6) is 0 Å². The number of carboxylic acid groups (broad SMARTS) is 1. The highest BCUT2D eigenvalue weighted by molar-refractivity contribution is 5.89. The molecule has 2 atom stereocenters. The van der Waals surface area contributed by atoms with Crippen molar-refractivity contribution < 1.29 is 19.4 Å². The van der Waals surface area contributed by atoms with E-state index in [1.165, 1.54) is 0 Å². The van der Waals surface area contributed by atoms with E-state index in [2.05, 4.69) is 20.4 Å². The summed E-state index contributed by atoms with van der Waals surface area (Å²) in [5, 5.41) is 8.84. The highest BCUT2D eigenvalue weighted by Gasteiger charge is 2.44. The van der Waals surface area contributed by atoms with Crippen molar-refractivity contribution in [3.05, 3.63) is 48.0 Å². The first-order chi connectivity index (χ1) is 11.3. The third kappa shape index (κ3) is 4.25. The van der Waals surface area contributed by atoms with Crippen LogP contribution in [0.3, 0.4) is 0 Å². The zero-order valence-corrected chi connectivity index (χ0v) is 14.5. The Labute approximate surface area is 143 Å². The fourth-order valence-electron chi connectivity index (χ4n) is 3.63. The molecule has 4 nitrogen and oxygen atoms in total. The number of carboxylic acids is 1. The van der Waals surface area contributed by atoms with Crippen molar-refractivity contribution in [2.75, 3.05) is 0 Å². The molecule has 0 spiro atoms. The average molecular weight is 330 g/mol. The van der Waals surface area contributed by atoms with E-state index in [4.69, 9.17) is 9.84 Å². The van der Waals surface area contributed by atoms with Crippen molar-refractivity contribution in [3.63, 3.8) is 0 Å². The van der Waals surface area contributed by atoms with E-state index in [1.54, 1.807) is 12.1 Å². The third-order valence-corrected chi connectivity index (χ3v) is 5.09. The minimum atomic E-state index is -0.777. The number of esters is 1. The molecule has 0 saturated heterocycles. The highest BCUT2D eigenvalue weighted by atomic mass is 16.5. The van der Waals surface area contributed by atoms with Crippen molar-refractivity contribution in [2.45, 2.75) is 52.1 Å². The Morgan fingerprint density at radius 2 is 1.96 bits per heavy atom. The van der Waals surface area contributed by atoms with Crippen LogP contribution in [0, 0.1) is 11.3 Å². The SMILES string of the molecule is C=C1CC[C@H](OC(=O)c2ccccc2)C(C)(C)[C@@H]1CCCC(=O)O. The van der Waals surface area contributed by atoms with Gasteiger partial charge in [-0.05, 0) is 43.7 Å². The highest BCUT2D eigenvalue weighted by Crippen LogP contribution is 2.47. The molecule has 2 rings (SSSR count). The van der Waals surface area contributed by atoms with E-state index in [1.807, 2.05) is 18.2 Å². The quantitative estimate of drug-likeness (QED) is 0.618. The predicted molar refractivity (Wildman–Crippen MR) is 92.8 cm³/mol.